The molecule has 16 heavy (non-hydrogen) atoms. The third kappa shape index (κ3) is 5.50. The highest BCUT2D eigenvalue weighted by Gasteiger charge is 2.02. The Labute approximate surface area is 95.3 Å². The molecular weight excluding hydrogens is 206 g/mol. The molecule has 0 aliphatic heterocycles. The Kier molecular flexibility index (Phi) is 6.25. The molecule has 0 aliphatic carbocycles. The number of aliphatic hydroxyl groups is 1. The minimum atomic E-state index is 0.0198. The quantitative estimate of drug-likeness (QED) is 0.567. The topological polar surface area (TPSA) is 78.0 Å². The fourth-order valence-corrected chi connectivity index (χ4v) is 1.44. The lowest BCUT2D eigenvalue weighted by atomic mass is 10.2. The fraction of sp³-hybridized carbons (Fsp3) is 0.636. The molecule has 90 valence electrons. The molecule has 5 heteroatoms. The number of nitrogens with zero attached hydrogens (tertiary/aromatic N) is 1. The van der Waals surface area contributed by atoms with Gasteiger partial charge in [-0.05, 0) is 18.9 Å². The van der Waals surface area contributed by atoms with Crippen LogP contribution in [0.1, 0.15) is 31.4 Å². The van der Waals surface area contributed by atoms with Crippen molar-refractivity contribution in [2.24, 2.45) is 0 Å². The lowest BCUT2D eigenvalue weighted by Crippen LogP contribution is -2.26. The zero-order chi connectivity index (χ0) is 11.6. The summed E-state index contributed by atoms with van der Waals surface area (Å²) >= 11 is 0. The number of aliphatic hydroxyl groups excluding tert-OH is 1. The molecule has 0 unspecified atom stereocenters. The number of H-pyrrole nitrogens is 1. The Balaban J connectivity index is 1.98. The van der Waals surface area contributed by atoms with Gasteiger partial charge in [0, 0.05) is 25.0 Å². The second-order valence-electron chi connectivity index (χ2n) is 3.75. The van der Waals surface area contributed by atoms with Gasteiger partial charge < -0.3 is 10.4 Å². The molecule has 3 N–H and O–H groups in total. The maximum atomic E-state index is 11.4. The summed E-state index contributed by atoms with van der Waals surface area (Å²) in [7, 11) is 0. The monoisotopic (exact) mass is 225 g/mol. The number of aromatic amines is 1. The number of hydrogen-bond acceptors (Lipinski definition) is 3. The van der Waals surface area contributed by atoms with Gasteiger partial charge in [0.25, 0.3) is 0 Å². The minimum absolute atomic E-state index is 0.0198. The summed E-state index contributed by atoms with van der Waals surface area (Å²) in [5, 5.41) is 17.9. The van der Waals surface area contributed by atoms with Crippen LogP contribution in [-0.4, -0.2) is 34.4 Å². The lowest BCUT2D eigenvalue weighted by molar-refractivity contribution is -0.120. The molecule has 0 atom stereocenters. The summed E-state index contributed by atoms with van der Waals surface area (Å²) in [6, 6.07) is 1.79. The average molecular weight is 225 g/mol. The second kappa shape index (κ2) is 7.87. The summed E-state index contributed by atoms with van der Waals surface area (Å²) < 4.78 is 0. The summed E-state index contributed by atoms with van der Waals surface area (Å²) in [5.74, 6) is 0.0198. The van der Waals surface area contributed by atoms with E-state index in [1.165, 1.54) is 0 Å². The highest BCUT2D eigenvalue weighted by molar-refractivity contribution is 5.77. The number of carbonyl (C=O) groups excluding carboxylic acids is 1. The maximum Gasteiger partial charge on any atom is 0.225 e. The Bertz CT molecular complexity index is 285. The van der Waals surface area contributed by atoms with Crippen LogP contribution < -0.4 is 5.32 Å². The smallest absolute Gasteiger partial charge is 0.225 e. The van der Waals surface area contributed by atoms with Crippen LogP contribution in [0.3, 0.4) is 0 Å². The van der Waals surface area contributed by atoms with Crippen LogP contribution in [0.2, 0.25) is 0 Å². The predicted molar refractivity (Wildman–Crippen MR) is 60.9 cm³/mol. The van der Waals surface area contributed by atoms with E-state index in [4.69, 9.17) is 5.11 Å². The van der Waals surface area contributed by atoms with Gasteiger partial charge in [-0.25, -0.2) is 0 Å². The van der Waals surface area contributed by atoms with Gasteiger partial charge in [-0.1, -0.05) is 12.8 Å². The Morgan fingerprint density at radius 3 is 2.88 bits per heavy atom. The molecule has 1 aromatic heterocycles. The number of unbranched alkanes of at least 4 members (excludes halogenated alkanes) is 3. The highest BCUT2D eigenvalue weighted by atomic mass is 16.2. The van der Waals surface area contributed by atoms with E-state index in [1.54, 1.807) is 12.3 Å². The van der Waals surface area contributed by atoms with Crippen LogP contribution in [0, 0.1) is 0 Å². The molecule has 0 radical (unpaired) electrons. The van der Waals surface area contributed by atoms with Crippen molar-refractivity contribution >= 4 is 5.91 Å². The number of aromatic nitrogens is 2. The Morgan fingerprint density at radius 1 is 1.38 bits per heavy atom. The molecule has 0 bridgehead atoms. The van der Waals surface area contributed by atoms with Gasteiger partial charge in [0.2, 0.25) is 5.91 Å². The standard InChI is InChI=1S/C11H19N3O2/c15-8-4-2-1-3-6-12-11(16)9-10-5-7-13-14-10/h5,7,15H,1-4,6,8-9H2,(H,12,16)(H,13,14). The fourth-order valence-electron chi connectivity index (χ4n) is 1.44. The van der Waals surface area contributed by atoms with E-state index in [2.05, 4.69) is 15.5 Å². The lowest BCUT2D eigenvalue weighted by Gasteiger charge is -2.03. The van der Waals surface area contributed by atoms with Crippen molar-refractivity contribution in [3.63, 3.8) is 0 Å². The van der Waals surface area contributed by atoms with Gasteiger partial charge >= 0.3 is 0 Å². The molecule has 0 aliphatic rings. The highest BCUT2D eigenvalue weighted by Crippen LogP contribution is 1.98. The van der Waals surface area contributed by atoms with Crippen LogP contribution in [0.25, 0.3) is 0 Å². The number of carbonyl (C=O) groups is 1. The van der Waals surface area contributed by atoms with Crippen molar-refractivity contribution in [3.8, 4) is 0 Å². The Morgan fingerprint density at radius 2 is 2.19 bits per heavy atom. The van der Waals surface area contributed by atoms with Gasteiger partial charge in [-0.2, -0.15) is 5.10 Å². The van der Waals surface area contributed by atoms with Crippen LogP contribution in [-0.2, 0) is 11.2 Å². The molecule has 0 fully saturated rings. The minimum Gasteiger partial charge on any atom is -0.396 e. The number of nitrogens with one attached hydrogen (secondary N) is 2. The van der Waals surface area contributed by atoms with Gasteiger partial charge in [-0.15, -0.1) is 0 Å². The van der Waals surface area contributed by atoms with Gasteiger partial charge in [0.05, 0.1) is 6.42 Å². The first-order valence-corrected chi connectivity index (χ1v) is 5.68. The van der Waals surface area contributed by atoms with Crippen molar-refractivity contribution in [1.29, 1.82) is 0 Å². The zero-order valence-corrected chi connectivity index (χ0v) is 9.41. The molecule has 1 amide bonds. The summed E-state index contributed by atoms with van der Waals surface area (Å²) in [6.45, 7) is 0.963. The van der Waals surface area contributed by atoms with E-state index in [0.717, 1.165) is 31.4 Å². The van der Waals surface area contributed by atoms with E-state index >= 15 is 0 Å². The number of amides is 1. The molecule has 5 nitrogen and oxygen atoms in total. The maximum absolute atomic E-state index is 11.4. The molecule has 0 saturated carbocycles. The van der Waals surface area contributed by atoms with Crippen LogP contribution in [0.15, 0.2) is 12.3 Å². The van der Waals surface area contributed by atoms with Crippen molar-refractivity contribution in [2.45, 2.75) is 32.1 Å². The Hall–Kier alpha value is -1.36. The SMILES string of the molecule is O=C(Cc1ccn[nH]1)NCCCCCCO. The van der Waals surface area contributed by atoms with Gasteiger partial charge in [-0.3, -0.25) is 9.89 Å². The molecule has 1 aromatic rings. The largest absolute Gasteiger partial charge is 0.396 e. The molecule has 0 aromatic carbocycles. The normalized spacial score (nSPS) is 10.3. The van der Waals surface area contributed by atoms with Crippen molar-refractivity contribution in [2.75, 3.05) is 13.2 Å². The van der Waals surface area contributed by atoms with Gasteiger partial charge in [0.15, 0.2) is 0 Å². The van der Waals surface area contributed by atoms with Crippen LogP contribution >= 0.6 is 0 Å². The molecule has 0 saturated heterocycles. The molecule has 0 spiro atoms. The summed E-state index contributed by atoms with van der Waals surface area (Å²) in [5.41, 5.74) is 0.831. The summed E-state index contributed by atoms with van der Waals surface area (Å²) in [4.78, 5) is 11.4. The first-order valence-electron chi connectivity index (χ1n) is 5.68. The first kappa shape index (κ1) is 12.7. The van der Waals surface area contributed by atoms with E-state index in [1.807, 2.05) is 0 Å². The van der Waals surface area contributed by atoms with E-state index in [0.29, 0.717) is 13.0 Å². The first-order chi connectivity index (χ1) is 7.83. The number of hydrogen-bond donors (Lipinski definition) is 3. The van der Waals surface area contributed by atoms with E-state index in [-0.39, 0.29) is 12.5 Å². The third-order valence-corrected chi connectivity index (χ3v) is 2.32. The second-order valence-corrected chi connectivity index (χ2v) is 3.75. The zero-order valence-electron chi connectivity index (χ0n) is 9.41. The molecular formula is C11H19N3O2. The number of rotatable bonds is 8. The third-order valence-electron chi connectivity index (χ3n) is 2.32. The molecule has 1 heterocycles. The van der Waals surface area contributed by atoms with Crippen LogP contribution in [0.5, 0.6) is 0 Å². The van der Waals surface area contributed by atoms with E-state index in [9.17, 15) is 4.79 Å². The van der Waals surface area contributed by atoms with Crippen LogP contribution in [0.4, 0.5) is 0 Å². The summed E-state index contributed by atoms with van der Waals surface area (Å²) in [6.07, 6.45) is 5.88. The van der Waals surface area contributed by atoms with Crippen molar-refractivity contribution in [3.05, 3.63) is 18.0 Å². The van der Waals surface area contributed by atoms with Gasteiger partial charge in [0.1, 0.15) is 0 Å². The van der Waals surface area contributed by atoms with Crippen molar-refractivity contribution < 1.29 is 9.90 Å². The predicted octanol–water partition coefficient (Wildman–Crippen LogP) is 0.621. The van der Waals surface area contributed by atoms with Crippen molar-refractivity contribution in [1.82, 2.24) is 15.5 Å². The average Bonchev–Trinajstić information content (AvgIpc) is 2.76. The van der Waals surface area contributed by atoms with E-state index < -0.39 is 0 Å². The molecule has 1 rings (SSSR count).